The fourth-order valence-corrected chi connectivity index (χ4v) is 5.82. The first-order valence-corrected chi connectivity index (χ1v) is 13.2. The van der Waals surface area contributed by atoms with E-state index in [2.05, 4.69) is 5.32 Å². The van der Waals surface area contributed by atoms with Gasteiger partial charge in [-0.15, -0.1) is 11.3 Å². The van der Waals surface area contributed by atoms with E-state index < -0.39 is 34.9 Å². The number of imide groups is 2. The molecule has 1 saturated heterocycles. The number of amides is 5. The van der Waals surface area contributed by atoms with Gasteiger partial charge in [0.05, 0.1) is 16.0 Å². The van der Waals surface area contributed by atoms with Crippen LogP contribution in [0.3, 0.4) is 0 Å². The molecule has 2 aliphatic rings. The van der Waals surface area contributed by atoms with E-state index in [0.29, 0.717) is 4.91 Å². The molecule has 1 aromatic heterocycles. The molecule has 0 aliphatic carbocycles. The lowest BCUT2D eigenvalue weighted by Gasteiger charge is -2.26. The van der Waals surface area contributed by atoms with E-state index in [0.717, 1.165) is 32.0 Å². The number of hydrogen-bond donors (Lipinski definition) is 1. The molecule has 3 heterocycles. The van der Waals surface area contributed by atoms with E-state index in [1.54, 1.807) is 30.3 Å². The molecular formula is C27H21N3O5S2. The maximum atomic E-state index is 13.3. The van der Waals surface area contributed by atoms with Crippen molar-refractivity contribution in [1.82, 2.24) is 15.1 Å². The summed E-state index contributed by atoms with van der Waals surface area (Å²) in [4.78, 5) is 67.9. The van der Waals surface area contributed by atoms with Gasteiger partial charge in [-0.1, -0.05) is 48.5 Å². The topological polar surface area (TPSA) is 104 Å². The molecule has 5 rings (SSSR count). The van der Waals surface area contributed by atoms with Crippen LogP contribution in [-0.2, 0) is 16.0 Å². The Labute approximate surface area is 220 Å². The number of nitrogens with one attached hydrogen (secondary N) is 1. The van der Waals surface area contributed by atoms with Crippen molar-refractivity contribution >= 4 is 58.0 Å². The minimum atomic E-state index is -1.09. The standard InChI is InChI=1S/C27H21N3O5S2/c31-23(28-12-13-29-26(34)22(37-27(29)35)16-18-9-6-14-36-18)21(15-17-7-2-1-3-8-17)30-24(32)19-10-4-5-11-20(19)25(30)33/h1-11,14,16,21H,12-13,15H2,(H,28,31)/t21-/m0/s1. The average Bonchev–Trinajstić information content (AvgIpc) is 3.58. The van der Waals surface area contributed by atoms with Crippen molar-refractivity contribution in [3.05, 3.63) is 98.6 Å². The highest BCUT2D eigenvalue weighted by Crippen LogP contribution is 2.32. The van der Waals surface area contributed by atoms with Gasteiger partial charge in [0.1, 0.15) is 6.04 Å². The van der Waals surface area contributed by atoms with Crippen LogP contribution in [0.5, 0.6) is 0 Å². The SMILES string of the molecule is O=C(NCCN1C(=O)SC(=Cc2cccs2)C1=O)[C@H](Cc1ccccc1)N1C(=O)c2ccccc2C1=O. The third kappa shape index (κ3) is 4.98. The van der Waals surface area contributed by atoms with Gasteiger partial charge >= 0.3 is 0 Å². The van der Waals surface area contributed by atoms with Crippen molar-refractivity contribution in [3.63, 3.8) is 0 Å². The molecule has 2 aromatic carbocycles. The Morgan fingerprint density at radius 1 is 0.865 bits per heavy atom. The number of fused-ring (bicyclic) bond motifs is 1. The van der Waals surface area contributed by atoms with Crippen LogP contribution in [0.2, 0.25) is 0 Å². The predicted molar refractivity (Wildman–Crippen MR) is 141 cm³/mol. The van der Waals surface area contributed by atoms with Crippen LogP contribution in [0.1, 0.15) is 31.2 Å². The average molecular weight is 532 g/mol. The number of nitrogens with zero attached hydrogens (tertiary/aromatic N) is 2. The van der Waals surface area contributed by atoms with Crippen LogP contribution in [0.25, 0.3) is 6.08 Å². The Morgan fingerprint density at radius 3 is 2.19 bits per heavy atom. The number of rotatable bonds is 8. The molecule has 37 heavy (non-hydrogen) atoms. The Kier molecular flexibility index (Phi) is 7.02. The first-order chi connectivity index (χ1) is 17.9. The summed E-state index contributed by atoms with van der Waals surface area (Å²) in [5.74, 6) is -2.01. The largest absolute Gasteiger partial charge is 0.352 e. The molecule has 2 aliphatic heterocycles. The zero-order valence-electron chi connectivity index (χ0n) is 19.5. The Bertz CT molecular complexity index is 1380. The Balaban J connectivity index is 1.29. The van der Waals surface area contributed by atoms with E-state index in [1.165, 1.54) is 11.3 Å². The summed E-state index contributed by atoms with van der Waals surface area (Å²) < 4.78 is 0. The summed E-state index contributed by atoms with van der Waals surface area (Å²) in [5, 5.41) is 4.19. The summed E-state index contributed by atoms with van der Waals surface area (Å²) in [7, 11) is 0. The van der Waals surface area contributed by atoms with Gasteiger partial charge in [0.15, 0.2) is 0 Å². The first-order valence-electron chi connectivity index (χ1n) is 11.5. The summed E-state index contributed by atoms with van der Waals surface area (Å²) in [6.45, 7) is -0.0457. The zero-order valence-corrected chi connectivity index (χ0v) is 21.1. The van der Waals surface area contributed by atoms with E-state index in [9.17, 15) is 24.0 Å². The number of carbonyl (C=O) groups excluding carboxylic acids is 5. The van der Waals surface area contributed by atoms with Crippen molar-refractivity contribution in [3.8, 4) is 0 Å². The van der Waals surface area contributed by atoms with Gasteiger partial charge in [-0.2, -0.15) is 0 Å². The van der Waals surface area contributed by atoms with Crippen molar-refractivity contribution in [2.45, 2.75) is 12.5 Å². The van der Waals surface area contributed by atoms with Gasteiger partial charge in [0, 0.05) is 24.4 Å². The first kappa shape index (κ1) is 24.7. The third-order valence-electron chi connectivity index (χ3n) is 6.04. The highest BCUT2D eigenvalue weighted by Gasteiger charge is 2.43. The molecule has 0 bridgehead atoms. The highest BCUT2D eigenvalue weighted by atomic mass is 32.2. The predicted octanol–water partition coefficient (Wildman–Crippen LogP) is 3.81. The number of thioether (sulfide) groups is 1. The molecule has 3 aromatic rings. The second-order valence-electron chi connectivity index (χ2n) is 8.37. The minimum absolute atomic E-state index is 0.0163. The molecule has 10 heteroatoms. The second-order valence-corrected chi connectivity index (χ2v) is 10.3. The van der Waals surface area contributed by atoms with Crippen LogP contribution >= 0.6 is 23.1 Å². The molecule has 0 radical (unpaired) electrons. The number of carbonyl (C=O) groups is 5. The number of benzene rings is 2. The lowest BCUT2D eigenvalue weighted by Crippen LogP contribution is -2.51. The maximum absolute atomic E-state index is 13.3. The number of thiophene rings is 1. The molecule has 0 unspecified atom stereocenters. The maximum Gasteiger partial charge on any atom is 0.293 e. The van der Waals surface area contributed by atoms with Gasteiger partial charge in [-0.05, 0) is 47.0 Å². The quantitative estimate of drug-likeness (QED) is 0.350. The number of hydrogen-bond acceptors (Lipinski definition) is 7. The van der Waals surface area contributed by atoms with Gasteiger partial charge in [-0.25, -0.2) is 0 Å². The molecule has 186 valence electrons. The fraction of sp³-hybridized carbons (Fsp3) is 0.148. The second kappa shape index (κ2) is 10.5. The Hall–Kier alpha value is -4.02. The minimum Gasteiger partial charge on any atom is -0.352 e. The molecule has 1 N–H and O–H groups in total. The highest BCUT2D eigenvalue weighted by molar-refractivity contribution is 8.18. The van der Waals surface area contributed by atoms with E-state index in [-0.39, 0.29) is 30.6 Å². The van der Waals surface area contributed by atoms with Crippen molar-refractivity contribution in [2.75, 3.05) is 13.1 Å². The zero-order chi connectivity index (χ0) is 25.9. The molecule has 1 fully saturated rings. The van der Waals surface area contributed by atoms with Crippen LogP contribution < -0.4 is 5.32 Å². The molecule has 0 spiro atoms. The third-order valence-corrected chi connectivity index (χ3v) is 7.76. The lowest BCUT2D eigenvalue weighted by atomic mass is 10.0. The fourth-order valence-electron chi connectivity index (χ4n) is 4.23. The molecule has 5 amide bonds. The molecular weight excluding hydrogens is 510 g/mol. The van der Waals surface area contributed by atoms with Gasteiger partial charge in [0.25, 0.3) is 23.0 Å². The van der Waals surface area contributed by atoms with Gasteiger partial charge in [-0.3, -0.25) is 33.8 Å². The van der Waals surface area contributed by atoms with Crippen LogP contribution in [0.4, 0.5) is 4.79 Å². The van der Waals surface area contributed by atoms with Crippen molar-refractivity contribution in [2.24, 2.45) is 0 Å². The van der Waals surface area contributed by atoms with Crippen LogP contribution in [-0.4, -0.2) is 57.8 Å². The summed E-state index contributed by atoms with van der Waals surface area (Å²) >= 11 is 2.32. The van der Waals surface area contributed by atoms with E-state index >= 15 is 0 Å². The lowest BCUT2D eigenvalue weighted by molar-refractivity contribution is -0.126. The molecule has 1 atom stereocenters. The van der Waals surface area contributed by atoms with Crippen molar-refractivity contribution < 1.29 is 24.0 Å². The van der Waals surface area contributed by atoms with Crippen LogP contribution in [0.15, 0.2) is 77.0 Å². The molecule has 0 saturated carbocycles. The monoisotopic (exact) mass is 531 g/mol. The van der Waals surface area contributed by atoms with E-state index in [1.807, 2.05) is 47.8 Å². The van der Waals surface area contributed by atoms with Crippen LogP contribution in [0, 0.1) is 0 Å². The van der Waals surface area contributed by atoms with Crippen molar-refractivity contribution in [1.29, 1.82) is 0 Å². The van der Waals surface area contributed by atoms with Gasteiger partial charge in [0.2, 0.25) is 5.91 Å². The Morgan fingerprint density at radius 2 is 1.54 bits per heavy atom. The normalized spacial score (nSPS) is 17.0. The molecule has 8 nitrogen and oxygen atoms in total. The van der Waals surface area contributed by atoms with E-state index in [4.69, 9.17) is 0 Å². The van der Waals surface area contributed by atoms with Gasteiger partial charge < -0.3 is 5.32 Å². The summed E-state index contributed by atoms with van der Waals surface area (Å²) in [6, 6.07) is 18.2. The summed E-state index contributed by atoms with van der Waals surface area (Å²) in [6.07, 6.45) is 1.80. The summed E-state index contributed by atoms with van der Waals surface area (Å²) in [5.41, 5.74) is 1.30. The smallest absolute Gasteiger partial charge is 0.293 e.